The molecule has 4 atom stereocenters. The van der Waals surface area contributed by atoms with Crippen molar-refractivity contribution in [2.24, 2.45) is 22.7 Å². The molecule has 1 N–H and O–H groups in total. The molecule has 2 saturated carbocycles. The van der Waals surface area contributed by atoms with Gasteiger partial charge in [-0.1, -0.05) is 23.3 Å². The van der Waals surface area contributed by atoms with Crippen molar-refractivity contribution >= 4 is 28.7 Å². The van der Waals surface area contributed by atoms with Crippen LogP contribution in [0.3, 0.4) is 0 Å². The Kier molecular flexibility index (Phi) is 4.92. The zero-order valence-corrected chi connectivity index (χ0v) is 17.6. The normalized spacial score (nSPS) is 36.2. The number of aromatic nitrogens is 1. The third-order valence-electron chi connectivity index (χ3n) is 7.24. The number of hydrogen-bond donors (Lipinski definition) is 1. The van der Waals surface area contributed by atoms with E-state index in [0.717, 1.165) is 36.3 Å². The molecule has 3 heterocycles. The Labute approximate surface area is 175 Å². The summed E-state index contributed by atoms with van der Waals surface area (Å²) < 4.78 is 4.53. The Balaban J connectivity index is 1.16. The number of carbonyl (C=O) groups excluding carboxylic acids is 2. The molecule has 1 aromatic rings. The maximum atomic E-state index is 12.7. The Morgan fingerprint density at radius 1 is 1.34 bits per heavy atom. The molecule has 2 amide bonds. The third kappa shape index (κ3) is 3.71. The zero-order valence-electron chi connectivity index (χ0n) is 16.8. The lowest BCUT2D eigenvalue weighted by Gasteiger charge is -2.34. The molecule has 4 aliphatic rings. The maximum absolute atomic E-state index is 12.7. The molecule has 4 fully saturated rings. The standard InChI is InChI=1S/C21H28N4O3S/c1-21(12-13-5-8-25(9-6-13)18(26)17-4-7-22-28-17)19(27)24-20(29-21)23-16-11-14-2-3-15(16)10-14/h4,7,13-16H,2-3,5-6,8-12H2,1H3,(H,23,24,27)/t14-,15+,16+,21?/m1/s1. The highest BCUT2D eigenvalue weighted by atomic mass is 32.2. The number of likely N-dealkylation sites (tertiary alicyclic amines) is 1. The van der Waals surface area contributed by atoms with Gasteiger partial charge in [-0.05, 0) is 63.2 Å². The summed E-state index contributed by atoms with van der Waals surface area (Å²) in [5.74, 6) is 2.29. The molecule has 2 saturated heterocycles. The molecule has 2 aliphatic heterocycles. The minimum Gasteiger partial charge on any atom is -0.351 e. The van der Waals surface area contributed by atoms with Crippen LogP contribution in [0.1, 0.15) is 62.4 Å². The number of piperidine rings is 1. The van der Waals surface area contributed by atoms with Gasteiger partial charge in [-0.15, -0.1) is 0 Å². The van der Waals surface area contributed by atoms with Crippen molar-refractivity contribution in [3.05, 3.63) is 18.0 Å². The molecule has 5 rings (SSSR count). The Morgan fingerprint density at radius 2 is 2.17 bits per heavy atom. The topological polar surface area (TPSA) is 87.8 Å². The Morgan fingerprint density at radius 3 is 2.83 bits per heavy atom. The van der Waals surface area contributed by atoms with Crippen molar-refractivity contribution < 1.29 is 14.1 Å². The van der Waals surface area contributed by atoms with Gasteiger partial charge in [-0.2, -0.15) is 0 Å². The summed E-state index contributed by atoms with van der Waals surface area (Å²) in [7, 11) is 0. The molecule has 0 aromatic carbocycles. The molecule has 7 nitrogen and oxygen atoms in total. The number of amides is 2. The summed E-state index contributed by atoms with van der Waals surface area (Å²) in [6.45, 7) is 3.43. The predicted molar refractivity (Wildman–Crippen MR) is 111 cm³/mol. The molecular weight excluding hydrogens is 388 g/mol. The number of amidine groups is 1. The first-order chi connectivity index (χ1) is 14.0. The smallest absolute Gasteiger partial charge is 0.292 e. The third-order valence-corrected chi connectivity index (χ3v) is 8.44. The monoisotopic (exact) mass is 416 g/mol. The van der Waals surface area contributed by atoms with E-state index < -0.39 is 4.75 Å². The SMILES string of the molecule is CC1(CC2CCN(C(=O)c3ccno3)CC2)SC(=N[C@H]2C[C@@H]3CC[C@H]2C3)NC1=O. The molecular formula is C21H28N4O3S. The van der Waals surface area contributed by atoms with Crippen LogP contribution in [-0.4, -0.2) is 50.9 Å². The highest BCUT2D eigenvalue weighted by Gasteiger charge is 2.46. The lowest BCUT2D eigenvalue weighted by molar-refractivity contribution is -0.121. The first-order valence-electron chi connectivity index (χ1n) is 10.8. The van der Waals surface area contributed by atoms with E-state index >= 15 is 0 Å². The van der Waals surface area contributed by atoms with Gasteiger partial charge in [-0.3, -0.25) is 14.6 Å². The molecule has 1 unspecified atom stereocenters. The molecule has 0 spiro atoms. The van der Waals surface area contributed by atoms with Crippen molar-refractivity contribution in [1.82, 2.24) is 15.4 Å². The number of thioether (sulfide) groups is 1. The van der Waals surface area contributed by atoms with E-state index in [-0.39, 0.29) is 11.8 Å². The average molecular weight is 417 g/mol. The molecule has 2 aliphatic carbocycles. The van der Waals surface area contributed by atoms with Gasteiger partial charge in [0, 0.05) is 19.2 Å². The van der Waals surface area contributed by atoms with Crippen LogP contribution in [0.15, 0.2) is 21.8 Å². The predicted octanol–water partition coefficient (Wildman–Crippen LogP) is 3.08. The van der Waals surface area contributed by atoms with Crippen LogP contribution in [-0.2, 0) is 4.79 Å². The van der Waals surface area contributed by atoms with Crippen molar-refractivity contribution in [2.45, 2.75) is 62.7 Å². The van der Waals surface area contributed by atoms with Gasteiger partial charge in [0.1, 0.15) is 0 Å². The second-order valence-electron chi connectivity index (χ2n) is 9.28. The van der Waals surface area contributed by atoms with E-state index in [1.165, 1.54) is 31.9 Å². The lowest BCUT2D eigenvalue weighted by atomic mass is 9.87. The van der Waals surface area contributed by atoms with E-state index in [2.05, 4.69) is 10.5 Å². The van der Waals surface area contributed by atoms with E-state index in [1.54, 1.807) is 17.8 Å². The van der Waals surface area contributed by atoms with Crippen molar-refractivity contribution in [2.75, 3.05) is 13.1 Å². The van der Waals surface area contributed by atoms with Gasteiger partial charge in [0.15, 0.2) is 5.17 Å². The minimum atomic E-state index is -0.460. The van der Waals surface area contributed by atoms with E-state index in [9.17, 15) is 9.59 Å². The molecule has 156 valence electrons. The molecule has 8 heteroatoms. The average Bonchev–Trinajstić information content (AvgIpc) is 3.48. The van der Waals surface area contributed by atoms with Crippen molar-refractivity contribution in [3.63, 3.8) is 0 Å². The summed E-state index contributed by atoms with van der Waals surface area (Å²) >= 11 is 1.62. The largest absolute Gasteiger partial charge is 0.351 e. The molecule has 2 bridgehead atoms. The fourth-order valence-corrected chi connectivity index (χ4v) is 6.82. The first kappa shape index (κ1) is 19.2. The molecule has 0 radical (unpaired) electrons. The molecule has 1 aromatic heterocycles. The minimum absolute atomic E-state index is 0.0876. The van der Waals surface area contributed by atoms with Gasteiger partial charge in [0.25, 0.3) is 5.91 Å². The molecule has 29 heavy (non-hydrogen) atoms. The number of nitrogens with one attached hydrogen (secondary N) is 1. The van der Waals surface area contributed by atoms with Gasteiger partial charge in [0.05, 0.1) is 17.0 Å². The quantitative estimate of drug-likeness (QED) is 0.815. The van der Waals surface area contributed by atoms with Gasteiger partial charge < -0.3 is 14.7 Å². The van der Waals surface area contributed by atoms with Gasteiger partial charge >= 0.3 is 0 Å². The summed E-state index contributed by atoms with van der Waals surface area (Å²) in [4.78, 5) is 31.9. The van der Waals surface area contributed by atoms with Crippen LogP contribution in [0.5, 0.6) is 0 Å². The fraction of sp³-hybridized carbons (Fsp3) is 0.714. The fourth-order valence-electron chi connectivity index (χ4n) is 5.60. The van der Waals surface area contributed by atoms with Crippen LogP contribution in [0, 0.1) is 17.8 Å². The highest BCUT2D eigenvalue weighted by Crippen LogP contribution is 2.47. The Bertz CT molecular complexity index is 818. The van der Waals surface area contributed by atoms with Crippen LogP contribution >= 0.6 is 11.8 Å². The van der Waals surface area contributed by atoms with Gasteiger partial charge in [0.2, 0.25) is 11.7 Å². The highest BCUT2D eigenvalue weighted by molar-refractivity contribution is 8.16. The summed E-state index contributed by atoms with van der Waals surface area (Å²) in [5.41, 5.74) is 0. The lowest BCUT2D eigenvalue weighted by Crippen LogP contribution is -2.41. The van der Waals surface area contributed by atoms with E-state index in [0.29, 0.717) is 30.8 Å². The van der Waals surface area contributed by atoms with E-state index in [1.807, 2.05) is 11.8 Å². The summed E-state index contributed by atoms with van der Waals surface area (Å²) in [6, 6.07) is 2.01. The maximum Gasteiger partial charge on any atom is 0.292 e. The summed E-state index contributed by atoms with van der Waals surface area (Å²) in [5, 5.41) is 7.50. The van der Waals surface area contributed by atoms with Crippen LogP contribution in [0.25, 0.3) is 0 Å². The number of rotatable bonds is 4. The number of aliphatic imine (C=N–C) groups is 1. The van der Waals surface area contributed by atoms with Crippen molar-refractivity contribution in [1.29, 1.82) is 0 Å². The zero-order chi connectivity index (χ0) is 20.0. The Hall–Kier alpha value is -1.83. The second-order valence-corrected chi connectivity index (χ2v) is 10.8. The van der Waals surface area contributed by atoms with Crippen LogP contribution in [0.2, 0.25) is 0 Å². The second kappa shape index (κ2) is 7.45. The van der Waals surface area contributed by atoms with Crippen LogP contribution < -0.4 is 5.32 Å². The van der Waals surface area contributed by atoms with Crippen molar-refractivity contribution in [3.8, 4) is 0 Å². The first-order valence-corrected chi connectivity index (χ1v) is 11.6. The number of nitrogens with zero attached hydrogens (tertiary/aromatic N) is 3. The van der Waals surface area contributed by atoms with Gasteiger partial charge in [-0.25, -0.2) is 0 Å². The van der Waals surface area contributed by atoms with Crippen LogP contribution in [0.4, 0.5) is 0 Å². The number of fused-ring (bicyclic) bond motifs is 2. The number of hydrogen-bond acceptors (Lipinski definition) is 6. The summed E-state index contributed by atoms with van der Waals surface area (Å²) in [6.07, 6.45) is 9.30. The number of carbonyl (C=O) groups is 2. The van der Waals surface area contributed by atoms with E-state index in [4.69, 9.17) is 9.52 Å².